The minimum Gasteiger partial charge on any atom is -0.481 e. The fourth-order valence-electron chi connectivity index (χ4n) is 1.34. The molecule has 0 aliphatic heterocycles. The van der Waals surface area contributed by atoms with Crippen molar-refractivity contribution in [2.75, 3.05) is 0 Å². The normalized spacial score (nSPS) is 12.1. The van der Waals surface area contributed by atoms with Crippen LogP contribution in [0.4, 0.5) is 0 Å². The first-order chi connectivity index (χ1) is 7.09. The van der Waals surface area contributed by atoms with Crippen LogP contribution in [0.3, 0.4) is 0 Å². The second kappa shape index (κ2) is 5.51. The van der Waals surface area contributed by atoms with Crippen molar-refractivity contribution in [2.24, 2.45) is 5.92 Å². The van der Waals surface area contributed by atoms with Crippen LogP contribution in [0, 0.1) is 5.92 Å². The van der Waals surface area contributed by atoms with Gasteiger partial charge in [0.2, 0.25) is 5.24 Å². The lowest BCUT2D eigenvalue weighted by atomic mass is 9.97. The zero-order valence-corrected chi connectivity index (χ0v) is 8.78. The van der Waals surface area contributed by atoms with Gasteiger partial charge in [0.15, 0.2) is 0 Å². The number of aliphatic carboxylic acids is 1. The molecule has 1 rings (SSSR count). The lowest BCUT2D eigenvalue weighted by Gasteiger charge is -2.09. The van der Waals surface area contributed by atoms with E-state index in [9.17, 15) is 9.59 Å². The predicted molar refractivity (Wildman–Crippen MR) is 56.7 cm³/mol. The molecule has 1 N–H and O–H groups in total. The van der Waals surface area contributed by atoms with Crippen LogP contribution in [0.25, 0.3) is 0 Å². The van der Waals surface area contributed by atoms with Gasteiger partial charge in [-0.25, -0.2) is 0 Å². The lowest BCUT2D eigenvalue weighted by Crippen LogP contribution is -2.18. The first kappa shape index (κ1) is 11.7. The summed E-state index contributed by atoms with van der Waals surface area (Å²) < 4.78 is 0. The van der Waals surface area contributed by atoms with Crippen LogP contribution in [0.1, 0.15) is 12.0 Å². The maximum absolute atomic E-state index is 10.8. The highest BCUT2D eigenvalue weighted by Gasteiger charge is 2.20. The summed E-state index contributed by atoms with van der Waals surface area (Å²) in [6.07, 6.45) is 0.195. The topological polar surface area (TPSA) is 54.4 Å². The van der Waals surface area contributed by atoms with Crippen LogP contribution in [0.5, 0.6) is 0 Å². The second-order valence-electron chi connectivity index (χ2n) is 3.28. The highest BCUT2D eigenvalue weighted by molar-refractivity contribution is 6.63. The van der Waals surface area contributed by atoms with Gasteiger partial charge in [-0.15, -0.1) is 0 Å². The van der Waals surface area contributed by atoms with Crippen molar-refractivity contribution in [1.29, 1.82) is 0 Å². The average Bonchev–Trinajstić information content (AvgIpc) is 2.17. The van der Waals surface area contributed by atoms with Crippen molar-refractivity contribution in [2.45, 2.75) is 12.8 Å². The minimum atomic E-state index is -0.993. The molecule has 0 spiro atoms. The molecule has 15 heavy (non-hydrogen) atoms. The summed E-state index contributed by atoms with van der Waals surface area (Å²) in [6, 6.07) is 9.17. The zero-order chi connectivity index (χ0) is 11.3. The third kappa shape index (κ3) is 4.13. The Hall–Kier alpha value is -1.35. The van der Waals surface area contributed by atoms with Crippen LogP contribution in [0.15, 0.2) is 30.3 Å². The Morgan fingerprint density at radius 2 is 1.87 bits per heavy atom. The fraction of sp³-hybridized carbons (Fsp3) is 0.273. The van der Waals surface area contributed by atoms with Gasteiger partial charge in [-0.2, -0.15) is 0 Å². The maximum Gasteiger partial charge on any atom is 0.307 e. The van der Waals surface area contributed by atoms with Gasteiger partial charge in [0.25, 0.3) is 0 Å². The fourth-order valence-corrected chi connectivity index (χ4v) is 1.53. The third-order valence-corrected chi connectivity index (χ3v) is 2.24. The molecule has 0 saturated carbocycles. The summed E-state index contributed by atoms with van der Waals surface area (Å²) in [4.78, 5) is 21.5. The second-order valence-corrected chi connectivity index (χ2v) is 3.71. The van der Waals surface area contributed by atoms with E-state index in [1.165, 1.54) is 0 Å². The lowest BCUT2D eigenvalue weighted by molar-refractivity contribution is -0.143. The van der Waals surface area contributed by atoms with E-state index in [-0.39, 0.29) is 6.42 Å². The van der Waals surface area contributed by atoms with Gasteiger partial charge in [0.05, 0.1) is 5.92 Å². The number of benzene rings is 1. The maximum atomic E-state index is 10.8. The van der Waals surface area contributed by atoms with Gasteiger partial charge in [0, 0.05) is 6.42 Å². The first-order valence-electron chi connectivity index (χ1n) is 4.54. The molecule has 1 aromatic carbocycles. The van der Waals surface area contributed by atoms with E-state index in [2.05, 4.69) is 0 Å². The van der Waals surface area contributed by atoms with Crippen LogP contribution >= 0.6 is 11.6 Å². The van der Waals surface area contributed by atoms with Crippen LogP contribution in [0.2, 0.25) is 0 Å². The van der Waals surface area contributed by atoms with E-state index >= 15 is 0 Å². The van der Waals surface area contributed by atoms with E-state index in [0.717, 1.165) is 5.56 Å². The molecule has 0 saturated heterocycles. The average molecular weight is 227 g/mol. The summed E-state index contributed by atoms with van der Waals surface area (Å²) in [7, 11) is 0. The largest absolute Gasteiger partial charge is 0.481 e. The molecule has 0 bridgehead atoms. The molecule has 1 atom stereocenters. The van der Waals surface area contributed by atoms with E-state index < -0.39 is 17.1 Å². The Labute approximate surface area is 92.7 Å². The molecule has 80 valence electrons. The number of rotatable bonds is 5. The highest BCUT2D eigenvalue weighted by atomic mass is 35.5. The number of hydrogen-bond acceptors (Lipinski definition) is 2. The zero-order valence-electron chi connectivity index (χ0n) is 8.02. The van der Waals surface area contributed by atoms with Crippen molar-refractivity contribution < 1.29 is 14.7 Å². The molecular formula is C11H11ClO3. The summed E-state index contributed by atoms with van der Waals surface area (Å²) in [6.45, 7) is 0. The quantitative estimate of drug-likeness (QED) is 0.783. The third-order valence-electron chi connectivity index (χ3n) is 2.08. The van der Waals surface area contributed by atoms with Crippen LogP contribution in [-0.2, 0) is 16.0 Å². The molecule has 0 amide bonds. The Balaban J connectivity index is 2.67. The minimum absolute atomic E-state index is 0.133. The number of carbonyl (C=O) groups excluding carboxylic acids is 1. The molecule has 0 heterocycles. The molecular weight excluding hydrogens is 216 g/mol. The number of carboxylic acids is 1. The Kier molecular flexibility index (Phi) is 4.31. The molecule has 4 heteroatoms. The van der Waals surface area contributed by atoms with Gasteiger partial charge in [0.1, 0.15) is 0 Å². The molecule has 1 aromatic rings. The summed E-state index contributed by atoms with van der Waals surface area (Å²) in [5, 5.41) is 8.26. The SMILES string of the molecule is O=C(Cl)C[C@H](Cc1ccccc1)C(=O)O. The van der Waals surface area contributed by atoms with Crippen molar-refractivity contribution in [3.8, 4) is 0 Å². The summed E-state index contributed by atoms with van der Waals surface area (Å²) in [5.41, 5.74) is 0.891. The number of carbonyl (C=O) groups is 2. The van der Waals surface area contributed by atoms with E-state index in [4.69, 9.17) is 16.7 Å². The Bertz CT molecular complexity index is 348. The van der Waals surface area contributed by atoms with Gasteiger partial charge in [-0.3, -0.25) is 9.59 Å². The molecule has 0 aromatic heterocycles. The van der Waals surface area contributed by atoms with E-state index in [1.54, 1.807) is 0 Å². The highest BCUT2D eigenvalue weighted by Crippen LogP contribution is 2.14. The molecule has 0 aliphatic carbocycles. The van der Waals surface area contributed by atoms with Crippen molar-refractivity contribution >= 4 is 22.8 Å². The number of carboxylic acid groups (broad SMARTS) is 1. The first-order valence-corrected chi connectivity index (χ1v) is 4.92. The molecule has 0 radical (unpaired) electrons. The van der Waals surface area contributed by atoms with E-state index in [0.29, 0.717) is 6.42 Å². The summed E-state index contributed by atoms with van der Waals surface area (Å²) >= 11 is 5.18. The molecule has 0 unspecified atom stereocenters. The Morgan fingerprint density at radius 1 is 1.27 bits per heavy atom. The van der Waals surface area contributed by atoms with E-state index in [1.807, 2.05) is 30.3 Å². The van der Waals surface area contributed by atoms with Crippen molar-refractivity contribution in [3.63, 3.8) is 0 Å². The molecule has 0 aliphatic rings. The predicted octanol–water partition coefficient (Wildman–Crippen LogP) is 2.09. The summed E-state index contributed by atoms with van der Waals surface area (Å²) in [5.74, 6) is -1.73. The molecule has 0 fully saturated rings. The van der Waals surface area contributed by atoms with Crippen molar-refractivity contribution in [1.82, 2.24) is 0 Å². The molecule has 3 nitrogen and oxygen atoms in total. The standard InChI is InChI=1S/C11H11ClO3/c12-10(13)7-9(11(14)15)6-8-4-2-1-3-5-8/h1-5,9H,6-7H2,(H,14,15)/t9-/m0/s1. The van der Waals surface area contributed by atoms with Gasteiger partial charge < -0.3 is 5.11 Å². The number of hydrogen-bond donors (Lipinski definition) is 1. The van der Waals surface area contributed by atoms with Crippen LogP contribution in [-0.4, -0.2) is 16.3 Å². The smallest absolute Gasteiger partial charge is 0.307 e. The van der Waals surface area contributed by atoms with Crippen molar-refractivity contribution in [3.05, 3.63) is 35.9 Å². The van der Waals surface area contributed by atoms with Gasteiger partial charge >= 0.3 is 5.97 Å². The van der Waals surface area contributed by atoms with Gasteiger partial charge in [-0.1, -0.05) is 30.3 Å². The Morgan fingerprint density at radius 3 is 2.33 bits per heavy atom. The van der Waals surface area contributed by atoms with Crippen LogP contribution < -0.4 is 0 Å². The monoisotopic (exact) mass is 226 g/mol. The number of halogens is 1. The van der Waals surface area contributed by atoms with Gasteiger partial charge in [-0.05, 0) is 23.6 Å².